The van der Waals surface area contributed by atoms with E-state index < -0.39 is 12.6 Å². The molecule has 0 amide bonds. The lowest BCUT2D eigenvalue weighted by Crippen LogP contribution is -1.97. The molecule has 0 unspecified atom stereocenters. The molecule has 0 atom stereocenters. The molecule has 1 aromatic carbocycles. The van der Waals surface area contributed by atoms with Gasteiger partial charge in [-0.1, -0.05) is 6.07 Å². The van der Waals surface area contributed by atoms with E-state index in [4.69, 9.17) is 10.2 Å². The van der Waals surface area contributed by atoms with Crippen LogP contribution in [-0.2, 0) is 6.67 Å². The highest BCUT2D eigenvalue weighted by atomic mass is 19.1. The average Bonchev–Trinajstić information content (AvgIpc) is 2.05. The molecule has 64 valence electrons. The maximum Gasteiger partial charge on any atom is 0.339 e. The van der Waals surface area contributed by atoms with Gasteiger partial charge >= 0.3 is 5.97 Å². The van der Waals surface area contributed by atoms with Gasteiger partial charge in [-0.2, -0.15) is 0 Å². The van der Waals surface area contributed by atoms with Gasteiger partial charge in [0.15, 0.2) is 0 Å². The zero-order valence-corrected chi connectivity index (χ0v) is 6.12. The maximum atomic E-state index is 12.0. The average molecular weight is 170 g/mol. The SMILES string of the molecule is O=C(O)c1cc(CF)ccc1O. The summed E-state index contributed by atoms with van der Waals surface area (Å²) in [7, 11) is 0. The van der Waals surface area contributed by atoms with E-state index >= 15 is 0 Å². The van der Waals surface area contributed by atoms with Crippen molar-refractivity contribution in [1.29, 1.82) is 0 Å². The van der Waals surface area contributed by atoms with Gasteiger partial charge in [-0.25, -0.2) is 9.18 Å². The topological polar surface area (TPSA) is 57.5 Å². The van der Waals surface area contributed by atoms with Gasteiger partial charge in [-0.15, -0.1) is 0 Å². The Labute approximate surface area is 68.1 Å². The Bertz CT molecular complexity index is 309. The van der Waals surface area contributed by atoms with Gasteiger partial charge in [0, 0.05) is 0 Å². The number of hydrogen-bond donors (Lipinski definition) is 2. The molecule has 0 radical (unpaired) electrons. The zero-order chi connectivity index (χ0) is 9.14. The van der Waals surface area contributed by atoms with Crippen LogP contribution in [0.2, 0.25) is 0 Å². The van der Waals surface area contributed by atoms with E-state index in [0.717, 1.165) is 6.07 Å². The summed E-state index contributed by atoms with van der Waals surface area (Å²) in [5, 5.41) is 17.5. The van der Waals surface area contributed by atoms with Crippen molar-refractivity contribution >= 4 is 5.97 Å². The van der Waals surface area contributed by atoms with E-state index in [-0.39, 0.29) is 16.9 Å². The number of aromatic carboxylic acids is 1. The second-order valence-electron chi connectivity index (χ2n) is 2.29. The molecule has 0 aliphatic rings. The third kappa shape index (κ3) is 1.53. The van der Waals surface area contributed by atoms with Crippen LogP contribution >= 0.6 is 0 Å². The predicted molar refractivity (Wildman–Crippen MR) is 39.9 cm³/mol. The molecule has 1 aromatic rings. The van der Waals surface area contributed by atoms with E-state index in [1.54, 1.807) is 0 Å². The van der Waals surface area contributed by atoms with Crippen molar-refractivity contribution in [2.45, 2.75) is 6.67 Å². The highest BCUT2D eigenvalue weighted by Crippen LogP contribution is 2.18. The van der Waals surface area contributed by atoms with Crippen LogP contribution < -0.4 is 0 Å². The number of aromatic hydroxyl groups is 1. The van der Waals surface area contributed by atoms with Gasteiger partial charge in [0.2, 0.25) is 0 Å². The lowest BCUT2D eigenvalue weighted by Gasteiger charge is -2.00. The summed E-state index contributed by atoms with van der Waals surface area (Å²) in [4.78, 5) is 10.4. The Kier molecular flexibility index (Phi) is 2.28. The fraction of sp³-hybridized carbons (Fsp3) is 0.125. The minimum atomic E-state index is -1.26. The number of carboxylic acids is 1. The van der Waals surface area contributed by atoms with Gasteiger partial charge in [-0.05, 0) is 17.7 Å². The van der Waals surface area contributed by atoms with Gasteiger partial charge in [0.05, 0.1) is 0 Å². The number of phenols is 1. The molecule has 12 heavy (non-hydrogen) atoms. The van der Waals surface area contributed by atoms with Crippen LogP contribution in [0.3, 0.4) is 0 Å². The van der Waals surface area contributed by atoms with Crippen molar-refractivity contribution in [3.63, 3.8) is 0 Å². The Morgan fingerprint density at radius 3 is 2.67 bits per heavy atom. The van der Waals surface area contributed by atoms with Crippen molar-refractivity contribution < 1.29 is 19.4 Å². The molecule has 0 aromatic heterocycles. The summed E-state index contributed by atoms with van der Waals surface area (Å²) in [5.41, 5.74) is -0.0321. The summed E-state index contributed by atoms with van der Waals surface area (Å²) >= 11 is 0. The molecule has 1 rings (SSSR count). The predicted octanol–water partition coefficient (Wildman–Crippen LogP) is 1.56. The molecule has 0 fully saturated rings. The largest absolute Gasteiger partial charge is 0.507 e. The van der Waals surface area contributed by atoms with E-state index in [2.05, 4.69) is 0 Å². The molecule has 0 aliphatic heterocycles. The van der Waals surface area contributed by atoms with Crippen LogP contribution in [0, 0.1) is 0 Å². The van der Waals surface area contributed by atoms with Crippen molar-refractivity contribution in [2.75, 3.05) is 0 Å². The van der Waals surface area contributed by atoms with Crippen LogP contribution in [-0.4, -0.2) is 16.2 Å². The number of hydrogen-bond acceptors (Lipinski definition) is 2. The Hall–Kier alpha value is -1.58. The van der Waals surface area contributed by atoms with Crippen LogP contribution in [0.1, 0.15) is 15.9 Å². The molecule has 2 N–H and O–H groups in total. The summed E-state index contributed by atoms with van der Waals surface area (Å²) in [6, 6.07) is 3.61. The molecule has 0 spiro atoms. The lowest BCUT2D eigenvalue weighted by atomic mass is 10.1. The van der Waals surface area contributed by atoms with E-state index in [1.807, 2.05) is 0 Å². The lowest BCUT2D eigenvalue weighted by molar-refractivity contribution is 0.0693. The Balaban J connectivity index is 3.17. The van der Waals surface area contributed by atoms with Gasteiger partial charge in [-0.3, -0.25) is 0 Å². The number of carboxylic acid groups (broad SMARTS) is 1. The van der Waals surface area contributed by atoms with Crippen molar-refractivity contribution in [2.24, 2.45) is 0 Å². The molecule has 0 saturated carbocycles. The zero-order valence-electron chi connectivity index (χ0n) is 6.12. The summed E-state index contributed by atoms with van der Waals surface area (Å²) in [6.45, 7) is -0.736. The van der Waals surface area contributed by atoms with Crippen LogP contribution in [0.4, 0.5) is 4.39 Å². The normalized spacial score (nSPS) is 9.75. The smallest absolute Gasteiger partial charge is 0.339 e. The summed E-state index contributed by atoms with van der Waals surface area (Å²) in [6.07, 6.45) is 0. The fourth-order valence-corrected chi connectivity index (χ4v) is 0.838. The van der Waals surface area contributed by atoms with E-state index in [1.165, 1.54) is 12.1 Å². The molecule has 4 heteroatoms. The summed E-state index contributed by atoms with van der Waals surface area (Å²) < 4.78 is 12.0. The molecular formula is C8H7FO3. The number of alkyl halides is 1. The standard InChI is InChI=1S/C8H7FO3/c9-4-5-1-2-7(10)6(3-5)8(11)12/h1-3,10H,4H2,(H,11,12). The van der Waals surface area contributed by atoms with E-state index in [9.17, 15) is 9.18 Å². The monoisotopic (exact) mass is 170 g/mol. The first kappa shape index (κ1) is 8.52. The van der Waals surface area contributed by atoms with Crippen LogP contribution in [0.25, 0.3) is 0 Å². The third-order valence-corrected chi connectivity index (χ3v) is 1.45. The van der Waals surface area contributed by atoms with Crippen molar-refractivity contribution in [1.82, 2.24) is 0 Å². The number of benzene rings is 1. The highest BCUT2D eigenvalue weighted by molar-refractivity contribution is 5.90. The molecule has 0 heterocycles. The van der Waals surface area contributed by atoms with Gasteiger partial charge < -0.3 is 10.2 Å². The Morgan fingerprint density at radius 2 is 2.17 bits per heavy atom. The first-order valence-electron chi connectivity index (χ1n) is 3.26. The van der Waals surface area contributed by atoms with Crippen LogP contribution in [0.15, 0.2) is 18.2 Å². The maximum absolute atomic E-state index is 12.0. The van der Waals surface area contributed by atoms with Gasteiger partial charge in [0.1, 0.15) is 18.0 Å². The minimum Gasteiger partial charge on any atom is -0.507 e. The quantitative estimate of drug-likeness (QED) is 0.708. The first-order chi connectivity index (χ1) is 5.65. The van der Waals surface area contributed by atoms with Gasteiger partial charge in [0.25, 0.3) is 0 Å². The minimum absolute atomic E-state index is 0.241. The number of rotatable bonds is 2. The van der Waals surface area contributed by atoms with Crippen molar-refractivity contribution in [3.05, 3.63) is 29.3 Å². The van der Waals surface area contributed by atoms with E-state index in [0.29, 0.717) is 0 Å². The summed E-state index contributed by atoms with van der Waals surface area (Å²) in [5.74, 6) is -1.61. The van der Waals surface area contributed by atoms with Crippen molar-refractivity contribution in [3.8, 4) is 5.75 Å². The molecule has 0 bridgehead atoms. The second kappa shape index (κ2) is 3.21. The van der Waals surface area contributed by atoms with Crippen LogP contribution in [0.5, 0.6) is 5.75 Å². The third-order valence-electron chi connectivity index (χ3n) is 1.45. The molecule has 3 nitrogen and oxygen atoms in total. The highest BCUT2D eigenvalue weighted by Gasteiger charge is 2.09. The Morgan fingerprint density at radius 1 is 1.50 bits per heavy atom. The molecule has 0 saturated heterocycles. The molecule has 0 aliphatic carbocycles. The number of carbonyl (C=O) groups is 1. The second-order valence-corrected chi connectivity index (χ2v) is 2.29. The molecular weight excluding hydrogens is 163 g/mol. The first-order valence-corrected chi connectivity index (χ1v) is 3.26. The number of halogens is 1. The fourth-order valence-electron chi connectivity index (χ4n) is 0.838.